The van der Waals surface area contributed by atoms with E-state index < -0.39 is 0 Å². The van der Waals surface area contributed by atoms with Crippen LogP contribution in [0.3, 0.4) is 0 Å². The number of nitrogens with one attached hydrogen (secondary N) is 2. The van der Waals surface area contributed by atoms with Crippen LogP contribution in [0.1, 0.15) is 5.56 Å². The number of rotatable bonds is 3. The summed E-state index contributed by atoms with van der Waals surface area (Å²) in [5.74, 6) is -0.00372. The standard InChI is InChI=1S/C14H13BrN4O2/c15-11-8-9(13(16)19-21)6-7-12(11)18-14(20)17-10-4-2-1-3-5-10/h1-8,21H,(H2,16,19)(H2,17,18,20). The van der Waals surface area contributed by atoms with Gasteiger partial charge >= 0.3 is 6.03 Å². The highest BCUT2D eigenvalue weighted by atomic mass is 79.9. The van der Waals surface area contributed by atoms with Gasteiger partial charge in [0.15, 0.2) is 5.84 Å². The second-order valence-electron chi connectivity index (χ2n) is 4.13. The Bertz CT molecular complexity index is 674. The molecule has 21 heavy (non-hydrogen) atoms. The highest BCUT2D eigenvalue weighted by molar-refractivity contribution is 9.10. The van der Waals surface area contributed by atoms with Crippen molar-refractivity contribution in [3.8, 4) is 0 Å². The van der Waals surface area contributed by atoms with Gasteiger partial charge in [-0.2, -0.15) is 0 Å². The van der Waals surface area contributed by atoms with Crippen LogP contribution in [0.15, 0.2) is 58.2 Å². The van der Waals surface area contributed by atoms with E-state index in [1.165, 1.54) is 0 Å². The summed E-state index contributed by atoms with van der Waals surface area (Å²) < 4.78 is 0.620. The van der Waals surface area contributed by atoms with E-state index in [0.29, 0.717) is 21.4 Å². The van der Waals surface area contributed by atoms with Gasteiger partial charge in [0, 0.05) is 15.7 Å². The number of hydrogen-bond acceptors (Lipinski definition) is 3. The molecule has 7 heteroatoms. The second-order valence-corrected chi connectivity index (χ2v) is 4.98. The van der Waals surface area contributed by atoms with Crippen molar-refractivity contribution in [2.45, 2.75) is 0 Å². The van der Waals surface area contributed by atoms with Gasteiger partial charge in [0.1, 0.15) is 0 Å². The minimum Gasteiger partial charge on any atom is -0.409 e. The maximum absolute atomic E-state index is 11.9. The number of oxime groups is 1. The molecule has 5 N–H and O–H groups in total. The third-order valence-electron chi connectivity index (χ3n) is 2.65. The quantitative estimate of drug-likeness (QED) is 0.296. The number of para-hydroxylation sites is 1. The summed E-state index contributed by atoms with van der Waals surface area (Å²) in [5, 5.41) is 17.0. The van der Waals surface area contributed by atoms with E-state index >= 15 is 0 Å². The first kappa shape index (κ1) is 14.9. The third kappa shape index (κ3) is 3.96. The molecular weight excluding hydrogens is 336 g/mol. The Kier molecular flexibility index (Phi) is 4.78. The van der Waals surface area contributed by atoms with Crippen molar-refractivity contribution < 1.29 is 10.0 Å². The zero-order valence-corrected chi connectivity index (χ0v) is 12.5. The lowest BCUT2D eigenvalue weighted by atomic mass is 10.2. The number of benzene rings is 2. The normalized spacial score (nSPS) is 11.0. The molecule has 0 aliphatic carbocycles. The Morgan fingerprint density at radius 2 is 1.86 bits per heavy atom. The Balaban J connectivity index is 2.08. The Hall–Kier alpha value is -2.54. The molecule has 0 aromatic heterocycles. The van der Waals surface area contributed by atoms with Crippen molar-refractivity contribution >= 4 is 39.2 Å². The number of carbonyl (C=O) groups excluding carboxylic acids is 1. The number of anilines is 2. The van der Waals surface area contributed by atoms with Crippen LogP contribution in [0.2, 0.25) is 0 Å². The van der Waals surface area contributed by atoms with Gasteiger partial charge in [-0.15, -0.1) is 0 Å². The zero-order valence-electron chi connectivity index (χ0n) is 10.9. The molecule has 0 bridgehead atoms. The van der Waals surface area contributed by atoms with Crippen LogP contribution in [-0.4, -0.2) is 17.1 Å². The summed E-state index contributed by atoms with van der Waals surface area (Å²) in [6.45, 7) is 0. The summed E-state index contributed by atoms with van der Waals surface area (Å²) in [7, 11) is 0. The van der Waals surface area contributed by atoms with Crippen LogP contribution in [-0.2, 0) is 0 Å². The number of nitrogens with zero attached hydrogens (tertiary/aromatic N) is 1. The van der Waals surface area contributed by atoms with E-state index in [0.717, 1.165) is 0 Å². The first-order chi connectivity index (χ1) is 10.1. The van der Waals surface area contributed by atoms with Gasteiger partial charge in [0.2, 0.25) is 0 Å². The number of amides is 2. The average molecular weight is 349 g/mol. The van der Waals surface area contributed by atoms with Crippen molar-refractivity contribution in [2.75, 3.05) is 10.6 Å². The number of amidine groups is 1. The SMILES string of the molecule is N/C(=N/O)c1ccc(NC(=O)Nc2ccccc2)c(Br)c1. The Labute approximate surface area is 129 Å². The van der Waals surface area contributed by atoms with Gasteiger partial charge in [0.25, 0.3) is 0 Å². The number of carbonyl (C=O) groups is 1. The molecule has 0 aliphatic rings. The second kappa shape index (κ2) is 6.76. The van der Waals surface area contributed by atoms with Crippen LogP contribution in [0.5, 0.6) is 0 Å². The lowest BCUT2D eigenvalue weighted by Crippen LogP contribution is -2.20. The van der Waals surface area contributed by atoms with Crippen molar-refractivity contribution in [2.24, 2.45) is 10.9 Å². The molecule has 0 saturated heterocycles. The first-order valence-corrected chi connectivity index (χ1v) is 6.80. The molecule has 2 amide bonds. The largest absolute Gasteiger partial charge is 0.409 e. The van der Waals surface area contributed by atoms with Crippen molar-refractivity contribution in [3.63, 3.8) is 0 Å². The fourth-order valence-corrected chi connectivity index (χ4v) is 2.12. The van der Waals surface area contributed by atoms with Crippen LogP contribution in [0.25, 0.3) is 0 Å². The molecule has 0 fully saturated rings. The molecule has 2 rings (SSSR count). The van der Waals surface area contributed by atoms with E-state index in [-0.39, 0.29) is 11.9 Å². The molecule has 0 spiro atoms. The van der Waals surface area contributed by atoms with E-state index in [2.05, 4.69) is 31.7 Å². The van der Waals surface area contributed by atoms with Crippen molar-refractivity contribution in [1.29, 1.82) is 0 Å². The van der Waals surface area contributed by atoms with Gasteiger partial charge in [-0.05, 0) is 46.3 Å². The van der Waals surface area contributed by atoms with Gasteiger partial charge < -0.3 is 21.6 Å². The minimum absolute atomic E-state index is 0.00372. The number of urea groups is 1. The topological polar surface area (TPSA) is 99.7 Å². The lowest BCUT2D eigenvalue weighted by Gasteiger charge is -2.10. The number of hydrogen-bond donors (Lipinski definition) is 4. The molecule has 108 valence electrons. The van der Waals surface area contributed by atoms with E-state index in [1.807, 2.05) is 18.2 Å². The summed E-state index contributed by atoms with van der Waals surface area (Å²) in [6.07, 6.45) is 0. The first-order valence-electron chi connectivity index (χ1n) is 6.00. The van der Waals surface area contributed by atoms with Crippen molar-refractivity contribution in [3.05, 3.63) is 58.6 Å². The molecule has 6 nitrogen and oxygen atoms in total. The Morgan fingerprint density at radius 1 is 1.14 bits per heavy atom. The van der Waals surface area contributed by atoms with Crippen LogP contribution >= 0.6 is 15.9 Å². The van der Waals surface area contributed by atoms with Crippen LogP contribution in [0, 0.1) is 0 Å². The van der Waals surface area contributed by atoms with Crippen LogP contribution in [0.4, 0.5) is 16.2 Å². The maximum Gasteiger partial charge on any atom is 0.323 e. The van der Waals surface area contributed by atoms with E-state index in [9.17, 15) is 4.79 Å². The predicted molar refractivity (Wildman–Crippen MR) is 85.7 cm³/mol. The van der Waals surface area contributed by atoms with E-state index in [4.69, 9.17) is 10.9 Å². The summed E-state index contributed by atoms with van der Waals surface area (Å²) in [6, 6.07) is 13.7. The average Bonchev–Trinajstić information content (AvgIpc) is 2.49. The molecule has 0 saturated carbocycles. The molecule has 2 aromatic carbocycles. The molecule has 0 heterocycles. The molecule has 0 unspecified atom stereocenters. The zero-order chi connectivity index (χ0) is 15.2. The monoisotopic (exact) mass is 348 g/mol. The molecule has 0 aliphatic heterocycles. The third-order valence-corrected chi connectivity index (χ3v) is 3.31. The van der Waals surface area contributed by atoms with Gasteiger partial charge in [-0.25, -0.2) is 4.79 Å². The van der Waals surface area contributed by atoms with Gasteiger partial charge in [0.05, 0.1) is 5.69 Å². The molecule has 0 atom stereocenters. The minimum atomic E-state index is -0.363. The van der Waals surface area contributed by atoms with Gasteiger partial charge in [-0.3, -0.25) is 0 Å². The molecular formula is C14H13BrN4O2. The highest BCUT2D eigenvalue weighted by Crippen LogP contribution is 2.24. The van der Waals surface area contributed by atoms with Crippen LogP contribution < -0.4 is 16.4 Å². The van der Waals surface area contributed by atoms with Crippen molar-refractivity contribution in [1.82, 2.24) is 0 Å². The predicted octanol–water partition coefficient (Wildman–Crippen LogP) is 3.19. The van der Waals surface area contributed by atoms with E-state index in [1.54, 1.807) is 30.3 Å². The number of halogens is 1. The summed E-state index contributed by atoms with van der Waals surface area (Å²) in [4.78, 5) is 11.9. The Morgan fingerprint density at radius 3 is 2.48 bits per heavy atom. The summed E-state index contributed by atoms with van der Waals surface area (Å²) >= 11 is 3.32. The van der Waals surface area contributed by atoms with Gasteiger partial charge in [-0.1, -0.05) is 23.4 Å². The fraction of sp³-hybridized carbons (Fsp3) is 0. The summed E-state index contributed by atoms with van der Waals surface area (Å²) in [5.41, 5.74) is 7.30. The maximum atomic E-state index is 11.9. The molecule has 0 radical (unpaired) electrons. The fourth-order valence-electron chi connectivity index (χ4n) is 1.64. The smallest absolute Gasteiger partial charge is 0.323 e. The number of nitrogens with two attached hydrogens (primary N) is 1. The lowest BCUT2D eigenvalue weighted by molar-refractivity contribution is 0.262. The molecule has 2 aromatic rings. The highest BCUT2D eigenvalue weighted by Gasteiger charge is 2.08.